The van der Waals surface area contributed by atoms with Gasteiger partial charge in [0, 0.05) is 6.04 Å². The van der Waals surface area contributed by atoms with Crippen molar-refractivity contribution in [3.63, 3.8) is 0 Å². The molecule has 0 fully saturated rings. The average molecular weight is 259 g/mol. The highest BCUT2D eigenvalue weighted by atomic mass is 14.9. The van der Waals surface area contributed by atoms with Crippen LogP contribution in [-0.2, 0) is 6.42 Å². The molecule has 1 heteroatoms. The van der Waals surface area contributed by atoms with E-state index in [1.807, 2.05) is 0 Å². The van der Waals surface area contributed by atoms with Crippen molar-refractivity contribution in [2.24, 2.45) is 11.8 Å². The predicted molar refractivity (Wildman–Crippen MR) is 83.4 cm³/mol. The molecule has 19 heavy (non-hydrogen) atoms. The van der Waals surface area contributed by atoms with Crippen LogP contribution in [0.1, 0.15) is 63.1 Å². The highest BCUT2D eigenvalue weighted by Gasteiger charge is 2.27. The summed E-state index contributed by atoms with van der Waals surface area (Å²) in [6, 6.07) is 9.59. The molecular formula is C18H29N. The van der Waals surface area contributed by atoms with E-state index < -0.39 is 0 Å². The van der Waals surface area contributed by atoms with Gasteiger partial charge in [-0.25, -0.2) is 0 Å². The Morgan fingerprint density at radius 2 is 1.95 bits per heavy atom. The Balaban J connectivity index is 2.20. The standard InChI is InChI=1S/C18H29N/c1-4-14(5-2)13-16-11-8-10-15-9-6-7-12-17(15)18(16)19-3/h6-7,9,12,14,16,18-19H,4-5,8,10-11,13H2,1-3H3. The first-order valence-corrected chi connectivity index (χ1v) is 8.05. The third-order valence-electron chi connectivity index (χ3n) is 4.98. The van der Waals surface area contributed by atoms with Gasteiger partial charge in [-0.2, -0.15) is 0 Å². The number of nitrogens with one attached hydrogen (secondary N) is 1. The molecule has 1 N–H and O–H groups in total. The summed E-state index contributed by atoms with van der Waals surface area (Å²) >= 11 is 0. The fraction of sp³-hybridized carbons (Fsp3) is 0.667. The van der Waals surface area contributed by atoms with Crippen LogP contribution in [0.4, 0.5) is 0 Å². The Kier molecular flexibility index (Phi) is 5.45. The first kappa shape index (κ1) is 14.6. The second-order valence-electron chi connectivity index (χ2n) is 6.04. The summed E-state index contributed by atoms with van der Waals surface area (Å²) in [5.41, 5.74) is 3.12. The lowest BCUT2D eigenvalue weighted by molar-refractivity contribution is 0.275. The van der Waals surface area contributed by atoms with E-state index in [0.29, 0.717) is 6.04 Å². The summed E-state index contributed by atoms with van der Waals surface area (Å²) < 4.78 is 0. The van der Waals surface area contributed by atoms with E-state index >= 15 is 0 Å². The molecule has 2 unspecified atom stereocenters. The Labute approximate surface area is 118 Å². The molecule has 0 aliphatic heterocycles. The highest BCUT2D eigenvalue weighted by molar-refractivity contribution is 5.31. The van der Waals surface area contributed by atoms with E-state index in [2.05, 4.69) is 50.5 Å². The van der Waals surface area contributed by atoms with Gasteiger partial charge in [-0.05, 0) is 55.7 Å². The molecule has 106 valence electrons. The minimum atomic E-state index is 0.555. The zero-order valence-electron chi connectivity index (χ0n) is 12.8. The zero-order valence-corrected chi connectivity index (χ0v) is 12.8. The van der Waals surface area contributed by atoms with Crippen LogP contribution >= 0.6 is 0 Å². The molecule has 0 spiro atoms. The Hall–Kier alpha value is -0.820. The molecule has 0 heterocycles. The van der Waals surface area contributed by atoms with Crippen LogP contribution in [0.2, 0.25) is 0 Å². The van der Waals surface area contributed by atoms with Crippen LogP contribution in [-0.4, -0.2) is 7.05 Å². The monoisotopic (exact) mass is 259 g/mol. The van der Waals surface area contributed by atoms with Crippen molar-refractivity contribution < 1.29 is 0 Å². The van der Waals surface area contributed by atoms with Gasteiger partial charge in [0.25, 0.3) is 0 Å². The largest absolute Gasteiger partial charge is 0.313 e. The van der Waals surface area contributed by atoms with E-state index in [1.54, 1.807) is 11.1 Å². The molecule has 1 aromatic carbocycles. The lowest BCUT2D eigenvalue weighted by Gasteiger charge is -2.29. The molecule has 1 nitrogen and oxygen atoms in total. The Bertz CT molecular complexity index is 381. The summed E-state index contributed by atoms with van der Waals surface area (Å²) in [6.45, 7) is 4.68. The predicted octanol–water partition coefficient (Wildman–Crippen LogP) is 4.73. The maximum absolute atomic E-state index is 3.60. The third kappa shape index (κ3) is 3.39. The van der Waals surface area contributed by atoms with Crippen LogP contribution in [0.15, 0.2) is 24.3 Å². The van der Waals surface area contributed by atoms with Crippen molar-refractivity contribution in [1.82, 2.24) is 5.32 Å². The van der Waals surface area contributed by atoms with Gasteiger partial charge in [-0.3, -0.25) is 0 Å². The van der Waals surface area contributed by atoms with Gasteiger partial charge in [0.15, 0.2) is 0 Å². The van der Waals surface area contributed by atoms with Crippen molar-refractivity contribution in [2.75, 3.05) is 7.05 Å². The second-order valence-corrected chi connectivity index (χ2v) is 6.04. The van der Waals surface area contributed by atoms with Crippen molar-refractivity contribution in [1.29, 1.82) is 0 Å². The summed E-state index contributed by atoms with van der Waals surface area (Å²) in [5, 5.41) is 3.60. The molecular weight excluding hydrogens is 230 g/mol. The van der Waals surface area contributed by atoms with E-state index in [9.17, 15) is 0 Å². The van der Waals surface area contributed by atoms with Crippen LogP contribution in [0.25, 0.3) is 0 Å². The van der Waals surface area contributed by atoms with Crippen LogP contribution in [0.5, 0.6) is 0 Å². The number of hydrogen-bond donors (Lipinski definition) is 1. The topological polar surface area (TPSA) is 12.0 Å². The summed E-state index contributed by atoms with van der Waals surface area (Å²) in [4.78, 5) is 0. The lowest BCUT2D eigenvalue weighted by Crippen LogP contribution is -2.26. The average Bonchev–Trinajstić information content (AvgIpc) is 2.63. The van der Waals surface area contributed by atoms with Gasteiger partial charge < -0.3 is 5.32 Å². The van der Waals surface area contributed by atoms with Gasteiger partial charge in [0.2, 0.25) is 0 Å². The minimum Gasteiger partial charge on any atom is -0.313 e. The summed E-state index contributed by atoms with van der Waals surface area (Å²) in [6.07, 6.45) is 8.01. The Morgan fingerprint density at radius 3 is 2.63 bits per heavy atom. The van der Waals surface area contributed by atoms with Crippen LogP contribution in [0.3, 0.4) is 0 Å². The maximum atomic E-state index is 3.60. The number of fused-ring (bicyclic) bond motifs is 1. The smallest absolute Gasteiger partial charge is 0.0348 e. The molecule has 2 rings (SSSR count). The normalized spacial score (nSPS) is 23.2. The van der Waals surface area contributed by atoms with Crippen molar-refractivity contribution in [3.05, 3.63) is 35.4 Å². The summed E-state index contributed by atoms with van der Waals surface area (Å²) in [5.74, 6) is 1.70. The third-order valence-corrected chi connectivity index (χ3v) is 4.98. The fourth-order valence-corrected chi connectivity index (χ4v) is 3.74. The molecule has 1 aromatic rings. The van der Waals surface area contributed by atoms with Crippen molar-refractivity contribution >= 4 is 0 Å². The SMILES string of the molecule is CCC(CC)CC1CCCc2ccccc2C1NC. The van der Waals surface area contributed by atoms with E-state index in [1.165, 1.54) is 38.5 Å². The van der Waals surface area contributed by atoms with Crippen LogP contribution < -0.4 is 5.32 Å². The molecule has 0 radical (unpaired) electrons. The van der Waals surface area contributed by atoms with E-state index in [4.69, 9.17) is 0 Å². The number of hydrogen-bond acceptors (Lipinski definition) is 1. The maximum Gasteiger partial charge on any atom is 0.0348 e. The van der Waals surface area contributed by atoms with Gasteiger partial charge in [-0.1, -0.05) is 51.0 Å². The van der Waals surface area contributed by atoms with Gasteiger partial charge in [-0.15, -0.1) is 0 Å². The van der Waals surface area contributed by atoms with Gasteiger partial charge in [0.1, 0.15) is 0 Å². The van der Waals surface area contributed by atoms with E-state index in [-0.39, 0.29) is 0 Å². The second kappa shape index (κ2) is 7.09. The molecule has 0 saturated heterocycles. The fourth-order valence-electron chi connectivity index (χ4n) is 3.74. The lowest BCUT2D eigenvalue weighted by atomic mass is 9.82. The highest BCUT2D eigenvalue weighted by Crippen LogP contribution is 2.37. The molecule has 0 amide bonds. The quantitative estimate of drug-likeness (QED) is 0.754. The zero-order chi connectivity index (χ0) is 13.7. The van der Waals surface area contributed by atoms with Gasteiger partial charge >= 0.3 is 0 Å². The first-order valence-electron chi connectivity index (χ1n) is 8.05. The molecule has 1 aliphatic rings. The Morgan fingerprint density at radius 1 is 1.21 bits per heavy atom. The molecule has 0 bridgehead atoms. The minimum absolute atomic E-state index is 0.555. The van der Waals surface area contributed by atoms with E-state index in [0.717, 1.165) is 11.8 Å². The first-order chi connectivity index (χ1) is 9.30. The molecule has 0 saturated carbocycles. The summed E-state index contributed by atoms with van der Waals surface area (Å²) in [7, 11) is 2.13. The van der Waals surface area contributed by atoms with Crippen molar-refractivity contribution in [2.45, 2.75) is 58.4 Å². The molecule has 1 aliphatic carbocycles. The number of benzene rings is 1. The van der Waals surface area contributed by atoms with Crippen molar-refractivity contribution in [3.8, 4) is 0 Å². The molecule has 2 atom stereocenters. The van der Waals surface area contributed by atoms with Gasteiger partial charge in [0.05, 0.1) is 0 Å². The number of rotatable bonds is 5. The molecule has 0 aromatic heterocycles. The number of aryl methyl sites for hydroxylation is 1. The van der Waals surface area contributed by atoms with Crippen LogP contribution in [0, 0.1) is 11.8 Å².